The molecular weight excluding hydrogens is 278 g/mol. The molecule has 0 unspecified atom stereocenters. The number of rotatable bonds is 7. The average molecular weight is 291 g/mol. The van der Waals surface area contributed by atoms with E-state index in [1.165, 1.54) is 17.1 Å². The van der Waals surface area contributed by atoms with Gasteiger partial charge in [-0.1, -0.05) is 0 Å². The van der Waals surface area contributed by atoms with Crippen LogP contribution in [-0.2, 0) is 26.1 Å². The molecule has 0 aliphatic carbocycles. The zero-order chi connectivity index (χ0) is 14.5. The third-order valence-corrected chi connectivity index (χ3v) is 3.34. The van der Waals surface area contributed by atoms with E-state index in [4.69, 9.17) is 5.11 Å². The summed E-state index contributed by atoms with van der Waals surface area (Å²) in [5.41, 5.74) is -0.127. The Kier molecular flexibility index (Phi) is 5.01. The summed E-state index contributed by atoms with van der Waals surface area (Å²) in [6.45, 7) is 0.204. The van der Waals surface area contributed by atoms with E-state index >= 15 is 0 Å². The van der Waals surface area contributed by atoms with Crippen LogP contribution in [0.1, 0.15) is 10.5 Å². The van der Waals surface area contributed by atoms with Gasteiger partial charge in [-0.2, -0.15) is 0 Å². The Morgan fingerprint density at radius 2 is 2.21 bits per heavy atom. The minimum absolute atomic E-state index is 0.00868. The molecule has 0 aliphatic rings. The number of ether oxygens (including phenoxy) is 1. The third kappa shape index (κ3) is 5.06. The van der Waals surface area contributed by atoms with E-state index in [0.717, 1.165) is 7.11 Å². The number of hydrogen-bond donors (Lipinski definition) is 2. The van der Waals surface area contributed by atoms with Gasteiger partial charge in [0.2, 0.25) is 10.0 Å². The van der Waals surface area contributed by atoms with Gasteiger partial charge in [-0.3, -0.25) is 4.79 Å². The van der Waals surface area contributed by atoms with Crippen molar-refractivity contribution in [3.63, 3.8) is 0 Å². The highest BCUT2D eigenvalue weighted by Gasteiger charge is 2.16. The zero-order valence-electron chi connectivity index (χ0n) is 10.1. The lowest BCUT2D eigenvalue weighted by atomic mass is 10.5. The van der Waals surface area contributed by atoms with Crippen LogP contribution in [-0.4, -0.2) is 54.4 Å². The van der Waals surface area contributed by atoms with Crippen LogP contribution in [0.15, 0.2) is 12.5 Å². The highest BCUT2D eigenvalue weighted by molar-refractivity contribution is 7.90. The maximum absolute atomic E-state index is 11.4. The van der Waals surface area contributed by atoms with Crippen LogP contribution in [0, 0.1) is 0 Å². The molecule has 0 atom stereocenters. The summed E-state index contributed by atoms with van der Waals surface area (Å²) < 4.78 is 30.6. The molecule has 106 valence electrons. The van der Waals surface area contributed by atoms with Crippen molar-refractivity contribution in [2.75, 3.05) is 19.4 Å². The van der Waals surface area contributed by atoms with Gasteiger partial charge in [0, 0.05) is 19.3 Å². The summed E-state index contributed by atoms with van der Waals surface area (Å²) in [6.07, 6.45) is 2.55. The van der Waals surface area contributed by atoms with Gasteiger partial charge in [-0.15, -0.1) is 0 Å². The zero-order valence-corrected chi connectivity index (χ0v) is 10.9. The number of carboxylic acid groups (broad SMARTS) is 1. The largest absolute Gasteiger partial charge is 0.476 e. The normalized spacial score (nSPS) is 11.2. The molecule has 10 heteroatoms. The van der Waals surface area contributed by atoms with Crippen molar-refractivity contribution in [3.05, 3.63) is 18.2 Å². The number of aromatic nitrogens is 2. The Balaban J connectivity index is 2.45. The van der Waals surface area contributed by atoms with Crippen molar-refractivity contribution in [2.24, 2.45) is 0 Å². The maximum Gasteiger partial charge on any atom is 0.356 e. The topological polar surface area (TPSA) is 128 Å². The number of hydrogen-bond acceptors (Lipinski definition) is 6. The fourth-order valence-corrected chi connectivity index (χ4v) is 2.12. The molecule has 0 bridgehead atoms. The summed E-state index contributed by atoms with van der Waals surface area (Å²) in [4.78, 5) is 25.0. The standard InChI is InChI=1S/C9H13N3O6S/c1-18-8(13)5-19(16,17)11-2-3-12-4-7(9(14)15)10-6-12/h4,6,11H,2-3,5H2,1H3,(H,14,15). The third-order valence-electron chi connectivity index (χ3n) is 2.08. The number of aromatic carboxylic acids is 1. The van der Waals surface area contributed by atoms with Crippen LogP contribution in [0.3, 0.4) is 0 Å². The van der Waals surface area contributed by atoms with E-state index in [1.54, 1.807) is 0 Å². The van der Waals surface area contributed by atoms with Crippen molar-refractivity contribution in [2.45, 2.75) is 6.54 Å². The predicted molar refractivity (Wildman–Crippen MR) is 63.0 cm³/mol. The van der Waals surface area contributed by atoms with Crippen molar-refractivity contribution in [3.8, 4) is 0 Å². The lowest BCUT2D eigenvalue weighted by Crippen LogP contribution is -2.32. The highest BCUT2D eigenvalue weighted by atomic mass is 32.2. The van der Waals surface area contributed by atoms with Gasteiger partial charge in [0.15, 0.2) is 11.4 Å². The number of carboxylic acids is 1. The molecule has 0 amide bonds. The Hall–Kier alpha value is -1.94. The Labute approximate surface area is 109 Å². The van der Waals surface area contributed by atoms with Gasteiger partial charge in [-0.05, 0) is 0 Å². The van der Waals surface area contributed by atoms with E-state index in [9.17, 15) is 18.0 Å². The minimum Gasteiger partial charge on any atom is -0.476 e. The predicted octanol–water partition coefficient (Wildman–Crippen LogP) is -1.33. The quantitative estimate of drug-likeness (QED) is 0.596. The van der Waals surface area contributed by atoms with Gasteiger partial charge in [0.05, 0.1) is 13.4 Å². The summed E-state index contributed by atoms with van der Waals surface area (Å²) >= 11 is 0. The first kappa shape index (κ1) is 15.1. The number of carbonyl (C=O) groups excluding carboxylic acids is 1. The van der Waals surface area contributed by atoms with Gasteiger partial charge < -0.3 is 14.4 Å². The van der Waals surface area contributed by atoms with Crippen molar-refractivity contribution in [1.29, 1.82) is 0 Å². The molecule has 0 aromatic carbocycles. The minimum atomic E-state index is -3.75. The summed E-state index contributed by atoms with van der Waals surface area (Å²) in [5.74, 6) is -2.78. The molecule has 2 N–H and O–H groups in total. The smallest absolute Gasteiger partial charge is 0.356 e. The lowest BCUT2D eigenvalue weighted by Gasteiger charge is -2.05. The molecule has 1 aromatic heterocycles. The Morgan fingerprint density at radius 3 is 2.74 bits per heavy atom. The fourth-order valence-electron chi connectivity index (χ4n) is 1.19. The number of carbonyl (C=O) groups is 2. The number of imidazole rings is 1. The van der Waals surface area contributed by atoms with Crippen molar-refractivity contribution >= 4 is 22.0 Å². The number of nitrogens with zero attached hydrogens (tertiary/aromatic N) is 2. The van der Waals surface area contributed by atoms with E-state index in [1.807, 2.05) is 0 Å². The summed E-state index contributed by atoms with van der Waals surface area (Å²) in [7, 11) is -2.65. The molecule has 1 rings (SSSR count). The van der Waals surface area contributed by atoms with Crippen molar-refractivity contribution < 1.29 is 27.9 Å². The van der Waals surface area contributed by atoms with E-state index in [-0.39, 0.29) is 18.8 Å². The average Bonchev–Trinajstić information content (AvgIpc) is 2.77. The molecule has 19 heavy (non-hydrogen) atoms. The molecule has 1 heterocycles. The van der Waals surface area contributed by atoms with Crippen LogP contribution in [0.25, 0.3) is 0 Å². The molecule has 0 spiro atoms. The summed E-state index contributed by atoms with van der Waals surface area (Å²) in [6, 6.07) is 0. The van der Waals surface area contributed by atoms with Crippen LogP contribution in [0.5, 0.6) is 0 Å². The first-order chi connectivity index (χ1) is 8.84. The fraction of sp³-hybridized carbons (Fsp3) is 0.444. The molecule has 0 aliphatic heterocycles. The first-order valence-electron chi connectivity index (χ1n) is 5.13. The molecule has 0 fully saturated rings. The maximum atomic E-state index is 11.4. The number of methoxy groups -OCH3 is 1. The Bertz CT molecular complexity index is 564. The Morgan fingerprint density at radius 1 is 1.53 bits per heavy atom. The van der Waals surface area contributed by atoms with E-state index in [0.29, 0.717) is 0 Å². The first-order valence-corrected chi connectivity index (χ1v) is 6.78. The van der Waals surface area contributed by atoms with Gasteiger partial charge in [0.25, 0.3) is 0 Å². The molecule has 9 nitrogen and oxygen atoms in total. The molecule has 0 radical (unpaired) electrons. The molecular formula is C9H13N3O6S. The lowest BCUT2D eigenvalue weighted by molar-refractivity contribution is -0.137. The number of esters is 1. The molecule has 1 aromatic rings. The van der Waals surface area contributed by atoms with Crippen LogP contribution < -0.4 is 4.72 Å². The van der Waals surface area contributed by atoms with Crippen LogP contribution in [0.2, 0.25) is 0 Å². The SMILES string of the molecule is COC(=O)CS(=O)(=O)NCCn1cnc(C(=O)O)c1. The highest BCUT2D eigenvalue weighted by Crippen LogP contribution is 1.96. The monoisotopic (exact) mass is 291 g/mol. The van der Waals surface area contributed by atoms with Gasteiger partial charge in [0.1, 0.15) is 0 Å². The van der Waals surface area contributed by atoms with Crippen molar-refractivity contribution in [1.82, 2.24) is 14.3 Å². The van der Waals surface area contributed by atoms with Gasteiger partial charge >= 0.3 is 11.9 Å². The van der Waals surface area contributed by atoms with Crippen LogP contribution >= 0.6 is 0 Å². The van der Waals surface area contributed by atoms with Gasteiger partial charge in [-0.25, -0.2) is 22.9 Å². The molecule has 0 saturated carbocycles. The number of sulfonamides is 1. The second kappa shape index (κ2) is 6.29. The summed E-state index contributed by atoms with van der Waals surface area (Å²) in [5, 5.41) is 8.64. The second-order valence-electron chi connectivity index (χ2n) is 3.53. The molecule has 0 saturated heterocycles. The number of nitrogens with one attached hydrogen (secondary N) is 1. The van der Waals surface area contributed by atoms with E-state index < -0.39 is 27.7 Å². The second-order valence-corrected chi connectivity index (χ2v) is 5.34. The van der Waals surface area contributed by atoms with Crippen LogP contribution in [0.4, 0.5) is 0 Å². The van der Waals surface area contributed by atoms with E-state index in [2.05, 4.69) is 14.4 Å².